The number of hydrogen-bond donors (Lipinski definition) is 3. The van der Waals surface area contributed by atoms with Gasteiger partial charge in [-0.15, -0.1) is 0 Å². The monoisotopic (exact) mass is 479 g/mol. The maximum atomic E-state index is 12.5. The van der Waals surface area contributed by atoms with Crippen molar-refractivity contribution in [2.45, 2.75) is 58.4 Å². The third-order valence-electron chi connectivity index (χ3n) is 5.63. The summed E-state index contributed by atoms with van der Waals surface area (Å²) in [4.78, 5) is 39.1. The minimum absolute atomic E-state index is 0.0751. The van der Waals surface area contributed by atoms with Crippen LogP contribution >= 0.6 is 0 Å². The number of nitrogens with zero attached hydrogens (tertiary/aromatic N) is 3. The van der Waals surface area contributed by atoms with Crippen LogP contribution in [0, 0.1) is 5.92 Å². The van der Waals surface area contributed by atoms with Gasteiger partial charge in [-0.2, -0.15) is 0 Å². The molecule has 2 atom stereocenters. The minimum atomic E-state index is -1.12. The number of carbonyl (C=O) groups excluding carboxylic acids is 2. The van der Waals surface area contributed by atoms with Gasteiger partial charge in [-0.3, -0.25) is 9.59 Å². The SMILES string of the molecule is CC(C)Cc1ccc(C(C)C(=O)NCCCC[C@H](NC(=O)c2ccc(N=[N+]=[N-])cc2)C(=O)O)cc1. The van der Waals surface area contributed by atoms with Crippen molar-refractivity contribution in [3.8, 4) is 0 Å². The molecule has 1 unspecified atom stereocenters. The van der Waals surface area contributed by atoms with Gasteiger partial charge in [0.15, 0.2) is 0 Å². The highest BCUT2D eigenvalue weighted by atomic mass is 16.4. The molecule has 9 heteroatoms. The highest BCUT2D eigenvalue weighted by molar-refractivity contribution is 5.96. The van der Waals surface area contributed by atoms with Crippen LogP contribution in [-0.4, -0.2) is 35.5 Å². The van der Waals surface area contributed by atoms with Crippen LogP contribution in [0.15, 0.2) is 53.6 Å². The van der Waals surface area contributed by atoms with Crippen LogP contribution < -0.4 is 10.6 Å². The summed E-state index contributed by atoms with van der Waals surface area (Å²) in [5, 5.41) is 18.3. The van der Waals surface area contributed by atoms with E-state index in [-0.39, 0.29) is 23.8 Å². The molecule has 2 rings (SSSR count). The number of amides is 2. The quantitative estimate of drug-likeness (QED) is 0.159. The fourth-order valence-corrected chi connectivity index (χ4v) is 3.63. The van der Waals surface area contributed by atoms with E-state index in [1.54, 1.807) is 0 Å². The first-order valence-corrected chi connectivity index (χ1v) is 11.8. The van der Waals surface area contributed by atoms with Crippen molar-refractivity contribution in [1.29, 1.82) is 0 Å². The van der Waals surface area contributed by atoms with Crippen molar-refractivity contribution in [2.75, 3.05) is 6.54 Å². The minimum Gasteiger partial charge on any atom is -0.480 e. The first-order chi connectivity index (χ1) is 16.7. The second-order valence-electron chi connectivity index (χ2n) is 8.95. The Bertz CT molecular complexity index is 1040. The van der Waals surface area contributed by atoms with Crippen LogP contribution in [-0.2, 0) is 16.0 Å². The van der Waals surface area contributed by atoms with Crippen molar-refractivity contribution in [1.82, 2.24) is 10.6 Å². The number of benzene rings is 2. The summed E-state index contributed by atoms with van der Waals surface area (Å²) in [6.07, 6.45) is 2.35. The van der Waals surface area contributed by atoms with Crippen LogP contribution in [0.25, 0.3) is 10.4 Å². The van der Waals surface area contributed by atoms with Gasteiger partial charge in [0, 0.05) is 22.7 Å². The lowest BCUT2D eigenvalue weighted by Gasteiger charge is -2.16. The average Bonchev–Trinajstić information content (AvgIpc) is 2.83. The zero-order valence-electron chi connectivity index (χ0n) is 20.4. The van der Waals surface area contributed by atoms with Gasteiger partial charge in [0.2, 0.25) is 5.91 Å². The molecule has 0 aliphatic carbocycles. The third-order valence-corrected chi connectivity index (χ3v) is 5.63. The van der Waals surface area contributed by atoms with E-state index < -0.39 is 17.9 Å². The molecular formula is C26H33N5O4. The first-order valence-electron chi connectivity index (χ1n) is 11.8. The maximum Gasteiger partial charge on any atom is 0.326 e. The van der Waals surface area contributed by atoms with E-state index >= 15 is 0 Å². The first kappa shape index (κ1) is 27.4. The summed E-state index contributed by atoms with van der Waals surface area (Å²) in [6, 6.07) is 13.0. The third kappa shape index (κ3) is 9.14. The fraction of sp³-hybridized carbons (Fsp3) is 0.423. The van der Waals surface area contributed by atoms with Gasteiger partial charge in [0.25, 0.3) is 5.91 Å². The summed E-state index contributed by atoms with van der Waals surface area (Å²) >= 11 is 0. The zero-order valence-corrected chi connectivity index (χ0v) is 20.4. The number of hydrogen-bond acceptors (Lipinski definition) is 4. The van der Waals surface area contributed by atoms with E-state index in [1.807, 2.05) is 19.1 Å². The van der Waals surface area contributed by atoms with E-state index in [1.165, 1.54) is 29.8 Å². The number of unbranched alkanes of at least 4 members (excludes halogenated alkanes) is 1. The average molecular weight is 480 g/mol. The molecule has 0 bridgehead atoms. The highest BCUT2D eigenvalue weighted by Crippen LogP contribution is 2.18. The van der Waals surface area contributed by atoms with Crippen molar-refractivity contribution >= 4 is 23.5 Å². The molecule has 0 aromatic heterocycles. The number of nitrogens with one attached hydrogen (secondary N) is 2. The predicted octanol–water partition coefficient (Wildman–Crippen LogP) is 5.10. The molecule has 3 N–H and O–H groups in total. The molecule has 0 aliphatic heterocycles. The standard InChI is InChI=1S/C26H33N5O4/c1-17(2)16-19-7-9-20(10-8-19)18(3)24(32)28-15-5-4-6-23(26(34)35)29-25(33)21-11-13-22(14-12-21)30-31-27/h7-14,17-18,23H,4-6,15-16H2,1-3H3,(H,28,32)(H,29,33)(H,34,35)/t18?,23-/m0/s1. The van der Waals surface area contributed by atoms with E-state index in [4.69, 9.17) is 5.53 Å². The molecule has 0 fully saturated rings. The number of rotatable bonds is 13. The lowest BCUT2D eigenvalue weighted by molar-refractivity contribution is -0.139. The molecule has 2 aromatic rings. The Morgan fingerprint density at radius 1 is 1.00 bits per heavy atom. The fourth-order valence-electron chi connectivity index (χ4n) is 3.63. The maximum absolute atomic E-state index is 12.5. The van der Waals surface area contributed by atoms with Crippen LogP contribution in [0.3, 0.4) is 0 Å². The van der Waals surface area contributed by atoms with Gasteiger partial charge in [0.05, 0.1) is 5.92 Å². The van der Waals surface area contributed by atoms with Gasteiger partial charge < -0.3 is 15.7 Å². The van der Waals surface area contributed by atoms with Crippen LogP contribution in [0.4, 0.5) is 5.69 Å². The number of carbonyl (C=O) groups is 3. The topological polar surface area (TPSA) is 144 Å². The second-order valence-corrected chi connectivity index (χ2v) is 8.95. The molecule has 9 nitrogen and oxygen atoms in total. The molecule has 0 saturated heterocycles. The normalized spacial score (nSPS) is 12.3. The Labute approximate surface area is 205 Å². The Kier molecular flexibility index (Phi) is 10.8. The molecule has 186 valence electrons. The molecule has 2 amide bonds. The van der Waals surface area contributed by atoms with Crippen molar-refractivity contribution in [3.63, 3.8) is 0 Å². The summed E-state index contributed by atoms with van der Waals surface area (Å²) in [5.41, 5.74) is 11.3. The molecule has 2 aromatic carbocycles. The molecular weight excluding hydrogens is 446 g/mol. The lowest BCUT2D eigenvalue weighted by Crippen LogP contribution is -2.40. The van der Waals surface area contributed by atoms with Gasteiger partial charge >= 0.3 is 5.97 Å². The number of azide groups is 1. The van der Waals surface area contributed by atoms with E-state index in [9.17, 15) is 19.5 Å². The van der Waals surface area contributed by atoms with Crippen molar-refractivity contribution in [3.05, 3.63) is 75.7 Å². The highest BCUT2D eigenvalue weighted by Gasteiger charge is 2.20. The molecule has 0 heterocycles. The smallest absolute Gasteiger partial charge is 0.326 e. The summed E-state index contributed by atoms with van der Waals surface area (Å²) in [7, 11) is 0. The van der Waals surface area contributed by atoms with Crippen LogP contribution in [0.5, 0.6) is 0 Å². The summed E-state index contributed by atoms with van der Waals surface area (Å²) in [5.74, 6) is -1.42. The molecule has 0 spiro atoms. The number of carboxylic acid groups (broad SMARTS) is 1. The van der Waals surface area contributed by atoms with Crippen LogP contribution in [0.2, 0.25) is 0 Å². The molecule has 0 aliphatic rings. The Morgan fingerprint density at radius 3 is 2.23 bits per heavy atom. The van der Waals surface area contributed by atoms with Gasteiger partial charge in [-0.05, 0) is 67.3 Å². The molecule has 0 radical (unpaired) electrons. The molecule has 0 saturated carbocycles. The summed E-state index contributed by atoms with van der Waals surface area (Å²) < 4.78 is 0. The van der Waals surface area contributed by atoms with Gasteiger partial charge in [-0.1, -0.05) is 55.4 Å². The van der Waals surface area contributed by atoms with Crippen LogP contribution in [0.1, 0.15) is 67.4 Å². The van der Waals surface area contributed by atoms with Crippen molar-refractivity contribution < 1.29 is 19.5 Å². The number of carboxylic acids is 1. The van der Waals surface area contributed by atoms with E-state index in [0.717, 1.165) is 12.0 Å². The van der Waals surface area contributed by atoms with Gasteiger partial charge in [-0.25, -0.2) is 4.79 Å². The second kappa shape index (κ2) is 13.8. The summed E-state index contributed by atoms with van der Waals surface area (Å²) in [6.45, 7) is 6.63. The predicted molar refractivity (Wildman–Crippen MR) is 134 cm³/mol. The zero-order chi connectivity index (χ0) is 25.8. The van der Waals surface area contributed by atoms with Crippen molar-refractivity contribution in [2.24, 2.45) is 11.0 Å². The number of aliphatic carboxylic acids is 1. The Balaban J connectivity index is 1.76. The van der Waals surface area contributed by atoms with E-state index in [2.05, 4.69) is 46.6 Å². The largest absolute Gasteiger partial charge is 0.480 e. The van der Waals surface area contributed by atoms with Gasteiger partial charge in [0.1, 0.15) is 6.04 Å². The lowest BCUT2D eigenvalue weighted by atomic mass is 9.96. The Hall–Kier alpha value is -3.84. The Morgan fingerprint density at radius 2 is 1.66 bits per heavy atom. The molecule has 35 heavy (non-hydrogen) atoms. The van der Waals surface area contributed by atoms with E-state index in [0.29, 0.717) is 31.0 Å².